The number of allylic oxidation sites excluding steroid dienone is 4. The third-order valence-electron chi connectivity index (χ3n) is 2.14. The van der Waals surface area contributed by atoms with Gasteiger partial charge in [0.1, 0.15) is 0 Å². The van der Waals surface area contributed by atoms with Gasteiger partial charge in [0, 0.05) is 12.1 Å². The van der Waals surface area contributed by atoms with Crippen LogP contribution in [0.5, 0.6) is 0 Å². The number of carbonyl (C=O) groups is 1. The Kier molecular flexibility index (Phi) is 3.53. The Morgan fingerprint density at radius 1 is 1.24 bits per heavy atom. The third kappa shape index (κ3) is 3.50. The van der Waals surface area contributed by atoms with E-state index in [-0.39, 0.29) is 12.5 Å². The molecule has 0 bridgehead atoms. The zero-order valence-corrected chi connectivity index (χ0v) is 8.19. The second kappa shape index (κ2) is 4.42. The molecule has 0 saturated heterocycles. The van der Waals surface area contributed by atoms with E-state index in [4.69, 9.17) is 0 Å². The fourth-order valence-corrected chi connectivity index (χ4v) is 1.37. The Bertz CT molecular complexity index is 365. The molecule has 17 heavy (non-hydrogen) atoms. The monoisotopic (exact) mass is 259 g/mol. The van der Waals surface area contributed by atoms with Crippen LogP contribution in [0.3, 0.4) is 0 Å². The molecule has 1 aliphatic carbocycles. The fourth-order valence-electron chi connectivity index (χ4n) is 1.37. The lowest BCUT2D eigenvalue weighted by Gasteiger charge is -2.24. The molecule has 0 aliphatic heterocycles. The first-order chi connectivity index (χ1) is 7.64. The van der Waals surface area contributed by atoms with Crippen LogP contribution in [0.25, 0.3) is 0 Å². The molecule has 0 aromatic heterocycles. The van der Waals surface area contributed by atoms with Crippen molar-refractivity contribution in [3.8, 4) is 0 Å². The maximum absolute atomic E-state index is 12.4. The summed E-state index contributed by atoms with van der Waals surface area (Å²) in [5.74, 6) is -2.24. The van der Waals surface area contributed by atoms with Crippen LogP contribution in [-0.4, -0.2) is 18.8 Å². The van der Waals surface area contributed by atoms with Crippen LogP contribution in [0, 0.1) is 5.92 Å². The molecule has 0 aromatic rings. The van der Waals surface area contributed by atoms with E-state index in [9.17, 15) is 31.1 Å². The first-order valence-electron chi connectivity index (χ1n) is 4.41. The van der Waals surface area contributed by atoms with E-state index in [0.717, 1.165) is 0 Å². The van der Waals surface area contributed by atoms with Gasteiger partial charge < -0.3 is 5.32 Å². The molecule has 1 atom stereocenters. The van der Waals surface area contributed by atoms with E-state index in [1.54, 1.807) is 0 Å². The maximum atomic E-state index is 12.4. The molecular formula is C9H7F6NO. The van der Waals surface area contributed by atoms with Gasteiger partial charge in [0.15, 0.2) is 0 Å². The van der Waals surface area contributed by atoms with Crippen molar-refractivity contribution in [1.82, 2.24) is 5.32 Å². The summed E-state index contributed by atoms with van der Waals surface area (Å²) in [6.45, 7) is 0. The molecule has 0 heterocycles. The van der Waals surface area contributed by atoms with E-state index < -0.39 is 36.0 Å². The van der Waals surface area contributed by atoms with Crippen molar-refractivity contribution < 1.29 is 31.1 Å². The number of halogens is 6. The summed E-state index contributed by atoms with van der Waals surface area (Å²) in [7, 11) is 0. The quantitative estimate of drug-likeness (QED) is 0.599. The molecule has 8 heteroatoms. The SMILES string of the molecule is O=CNC1=CC(C(F)(F)F)=CC(C(F)(F)F)C1. The van der Waals surface area contributed by atoms with Crippen LogP contribution in [0.2, 0.25) is 0 Å². The Labute approximate surface area is 92.0 Å². The summed E-state index contributed by atoms with van der Waals surface area (Å²) in [4.78, 5) is 10.1. The fraction of sp³-hybridized carbons (Fsp3) is 0.444. The average Bonchev–Trinajstić information content (AvgIpc) is 2.15. The second-order valence-electron chi connectivity index (χ2n) is 3.40. The minimum absolute atomic E-state index is 0.0403. The zero-order valence-electron chi connectivity index (χ0n) is 8.19. The van der Waals surface area contributed by atoms with Crippen LogP contribution >= 0.6 is 0 Å². The molecule has 1 unspecified atom stereocenters. The highest BCUT2D eigenvalue weighted by molar-refractivity contribution is 5.51. The molecule has 1 aliphatic rings. The number of hydrogen-bond donors (Lipinski definition) is 1. The van der Waals surface area contributed by atoms with Crippen molar-refractivity contribution in [3.63, 3.8) is 0 Å². The number of amides is 1. The number of hydrogen-bond acceptors (Lipinski definition) is 1. The summed E-state index contributed by atoms with van der Waals surface area (Å²) in [5, 5.41) is 1.83. The van der Waals surface area contributed by atoms with E-state index in [1.165, 1.54) is 0 Å². The smallest absolute Gasteiger partial charge is 0.332 e. The van der Waals surface area contributed by atoms with Crippen molar-refractivity contribution >= 4 is 6.41 Å². The Morgan fingerprint density at radius 2 is 1.82 bits per heavy atom. The summed E-state index contributed by atoms with van der Waals surface area (Å²) in [6, 6.07) is 0. The van der Waals surface area contributed by atoms with Crippen LogP contribution in [0.1, 0.15) is 6.42 Å². The normalized spacial score (nSPS) is 21.6. The lowest BCUT2D eigenvalue weighted by Crippen LogP contribution is -2.29. The summed E-state index contributed by atoms with van der Waals surface area (Å²) in [6.07, 6.45) is -9.70. The molecule has 1 N–H and O–H groups in total. The van der Waals surface area contributed by atoms with Crippen LogP contribution in [0.4, 0.5) is 26.3 Å². The predicted molar refractivity (Wildman–Crippen MR) is 45.6 cm³/mol. The summed E-state index contributed by atoms with van der Waals surface area (Å²) in [5.41, 5.74) is -1.81. The highest BCUT2D eigenvalue weighted by atomic mass is 19.4. The number of alkyl halides is 6. The molecule has 96 valence electrons. The van der Waals surface area contributed by atoms with Crippen LogP contribution < -0.4 is 5.32 Å². The summed E-state index contributed by atoms with van der Waals surface area (Å²) < 4.78 is 74.0. The molecule has 2 nitrogen and oxygen atoms in total. The largest absolute Gasteiger partial charge is 0.416 e. The van der Waals surface area contributed by atoms with Crippen molar-refractivity contribution in [2.45, 2.75) is 18.8 Å². The van der Waals surface area contributed by atoms with Crippen molar-refractivity contribution in [1.29, 1.82) is 0 Å². The van der Waals surface area contributed by atoms with Crippen LogP contribution in [0.15, 0.2) is 23.4 Å². The van der Waals surface area contributed by atoms with Gasteiger partial charge >= 0.3 is 12.4 Å². The van der Waals surface area contributed by atoms with Gasteiger partial charge in [-0.15, -0.1) is 0 Å². The lowest BCUT2D eigenvalue weighted by molar-refractivity contribution is -0.162. The van der Waals surface area contributed by atoms with Gasteiger partial charge in [-0.2, -0.15) is 26.3 Å². The lowest BCUT2D eigenvalue weighted by atomic mass is 9.93. The molecular weight excluding hydrogens is 252 g/mol. The van der Waals surface area contributed by atoms with Gasteiger partial charge in [0.25, 0.3) is 0 Å². The number of rotatable bonds is 2. The van der Waals surface area contributed by atoms with Crippen molar-refractivity contribution in [3.05, 3.63) is 23.4 Å². The van der Waals surface area contributed by atoms with Gasteiger partial charge in [-0.3, -0.25) is 4.79 Å². The molecule has 0 saturated carbocycles. The highest BCUT2D eigenvalue weighted by Crippen LogP contribution is 2.39. The van der Waals surface area contributed by atoms with Gasteiger partial charge in [0.2, 0.25) is 6.41 Å². The van der Waals surface area contributed by atoms with Crippen LogP contribution in [-0.2, 0) is 4.79 Å². The maximum Gasteiger partial charge on any atom is 0.416 e. The van der Waals surface area contributed by atoms with E-state index in [0.29, 0.717) is 6.08 Å². The van der Waals surface area contributed by atoms with Gasteiger partial charge in [-0.1, -0.05) is 6.08 Å². The van der Waals surface area contributed by atoms with E-state index in [2.05, 4.69) is 0 Å². The average molecular weight is 259 g/mol. The second-order valence-corrected chi connectivity index (χ2v) is 3.40. The molecule has 0 spiro atoms. The van der Waals surface area contributed by atoms with Gasteiger partial charge in [0.05, 0.1) is 11.5 Å². The van der Waals surface area contributed by atoms with Crippen molar-refractivity contribution in [2.24, 2.45) is 5.92 Å². The highest BCUT2D eigenvalue weighted by Gasteiger charge is 2.43. The molecule has 0 aromatic carbocycles. The Hall–Kier alpha value is -1.47. The topological polar surface area (TPSA) is 29.1 Å². The van der Waals surface area contributed by atoms with Crippen molar-refractivity contribution in [2.75, 3.05) is 0 Å². The minimum atomic E-state index is -4.88. The molecule has 1 amide bonds. The first kappa shape index (κ1) is 13.6. The van der Waals surface area contributed by atoms with E-state index in [1.807, 2.05) is 5.32 Å². The Morgan fingerprint density at radius 3 is 2.24 bits per heavy atom. The Balaban J connectivity index is 3.07. The van der Waals surface area contributed by atoms with Gasteiger partial charge in [-0.05, 0) is 6.08 Å². The van der Waals surface area contributed by atoms with E-state index >= 15 is 0 Å². The summed E-state index contributed by atoms with van der Waals surface area (Å²) >= 11 is 0. The zero-order chi connectivity index (χ0) is 13.3. The first-order valence-corrected chi connectivity index (χ1v) is 4.41. The third-order valence-corrected chi connectivity index (χ3v) is 2.14. The molecule has 0 fully saturated rings. The predicted octanol–water partition coefficient (Wildman–Crippen LogP) is 2.69. The number of nitrogens with one attached hydrogen (secondary N) is 1. The number of carbonyl (C=O) groups excluding carboxylic acids is 1. The molecule has 0 radical (unpaired) electrons. The minimum Gasteiger partial charge on any atom is -0.332 e. The molecule has 1 rings (SSSR count). The standard InChI is InChI=1S/C9H7F6NO/c10-8(11,12)5-1-6(9(13,14)15)3-7(2-5)16-4-17/h1-2,4,6H,3H2,(H,16,17). The van der Waals surface area contributed by atoms with Gasteiger partial charge in [-0.25, -0.2) is 0 Å².